The molecule has 0 radical (unpaired) electrons. The first-order valence-corrected chi connectivity index (χ1v) is 4.11. The number of rotatable bonds is 1. The Morgan fingerprint density at radius 2 is 2.45 bits per heavy atom. The van der Waals surface area contributed by atoms with E-state index in [9.17, 15) is 0 Å². The Hall–Kier alpha value is -0.880. The van der Waals surface area contributed by atoms with Gasteiger partial charge in [-0.2, -0.15) is 5.26 Å². The molecule has 0 aliphatic rings. The molecule has 0 aliphatic heterocycles. The van der Waals surface area contributed by atoms with E-state index in [-0.39, 0.29) is 4.83 Å². The van der Waals surface area contributed by atoms with Gasteiger partial charge in [-0.05, 0) is 18.6 Å². The highest BCUT2D eigenvalue weighted by Gasteiger charge is 2.07. The van der Waals surface area contributed by atoms with E-state index in [1.165, 1.54) is 0 Å². The Bertz CT molecular complexity index is 290. The van der Waals surface area contributed by atoms with Gasteiger partial charge in [0.15, 0.2) is 0 Å². The molecule has 1 atom stereocenters. The van der Waals surface area contributed by atoms with Crippen molar-refractivity contribution in [1.82, 2.24) is 4.98 Å². The molecule has 0 saturated heterocycles. The maximum absolute atomic E-state index is 8.59. The van der Waals surface area contributed by atoms with E-state index in [1.54, 1.807) is 12.4 Å². The molecule has 2 nitrogen and oxygen atoms in total. The summed E-state index contributed by atoms with van der Waals surface area (Å²) in [6.07, 6.45) is 3.42. The first-order chi connectivity index (χ1) is 5.25. The van der Waals surface area contributed by atoms with Gasteiger partial charge in [0.1, 0.15) is 4.83 Å². The third-order valence-electron chi connectivity index (χ3n) is 1.47. The summed E-state index contributed by atoms with van der Waals surface area (Å²) in [6, 6.07) is 3.99. The zero-order valence-corrected chi connectivity index (χ0v) is 7.67. The first-order valence-electron chi connectivity index (χ1n) is 3.20. The van der Waals surface area contributed by atoms with E-state index in [0.717, 1.165) is 11.1 Å². The molecule has 1 rings (SSSR count). The van der Waals surface area contributed by atoms with Crippen LogP contribution in [-0.4, -0.2) is 4.98 Å². The van der Waals surface area contributed by atoms with E-state index >= 15 is 0 Å². The monoisotopic (exact) mass is 210 g/mol. The minimum absolute atomic E-state index is 0.240. The topological polar surface area (TPSA) is 36.7 Å². The number of aromatic nitrogens is 1. The fraction of sp³-hybridized carbons (Fsp3) is 0.250. The normalized spacial score (nSPS) is 12.1. The number of halogens is 1. The van der Waals surface area contributed by atoms with Crippen LogP contribution in [0.4, 0.5) is 0 Å². The fourth-order valence-electron chi connectivity index (χ4n) is 0.811. The maximum Gasteiger partial charge on any atom is 0.128 e. The number of nitriles is 1. The van der Waals surface area contributed by atoms with Crippen molar-refractivity contribution in [2.45, 2.75) is 11.8 Å². The SMILES string of the molecule is Cc1ccncc1C(Br)C#N. The molecule has 0 spiro atoms. The lowest BCUT2D eigenvalue weighted by atomic mass is 10.1. The first kappa shape index (κ1) is 8.22. The minimum Gasteiger partial charge on any atom is -0.264 e. The summed E-state index contributed by atoms with van der Waals surface area (Å²) in [7, 11) is 0. The largest absolute Gasteiger partial charge is 0.264 e. The summed E-state index contributed by atoms with van der Waals surface area (Å²) in [5.41, 5.74) is 2.03. The van der Waals surface area contributed by atoms with Crippen molar-refractivity contribution in [3.8, 4) is 6.07 Å². The van der Waals surface area contributed by atoms with Gasteiger partial charge < -0.3 is 0 Å². The molecule has 1 heterocycles. The van der Waals surface area contributed by atoms with Gasteiger partial charge in [-0.1, -0.05) is 15.9 Å². The molecule has 56 valence electrons. The van der Waals surface area contributed by atoms with Crippen LogP contribution in [0.3, 0.4) is 0 Å². The van der Waals surface area contributed by atoms with Crippen LogP contribution in [0.25, 0.3) is 0 Å². The van der Waals surface area contributed by atoms with Crippen LogP contribution < -0.4 is 0 Å². The Balaban J connectivity index is 3.05. The van der Waals surface area contributed by atoms with Crippen molar-refractivity contribution in [3.63, 3.8) is 0 Å². The summed E-state index contributed by atoms with van der Waals surface area (Å²) in [6.45, 7) is 1.96. The second-order valence-electron chi connectivity index (χ2n) is 2.22. The lowest BCUT2D eigenvalue weighted by molar-refractivity contribution is 1.14. The van der Waals surface area contributed by atoms with Crippen molar-refractivity contribution in [3.05, 3.63) is 29.6 Å². The lowest BCUT2D eigenvalue weighted by Crippen LogP contribution is -1.90. The zero-order valence-electron chi connectivity index (χ0n) is 6.08. The molecule has 0 aliphatic carbocycles. The van der Waals surface area contributed by atoms with Crippen LogP contribution in [0, 0.1) is 18.3 Å². The molecule has 1 aromatic rings. The zero-order chi connectivity index (χ0) is 8.27. The molecule has 0 N–H and O–H groups in total. The average Bonchev–Trinajstić information content (AvgIpc) is 2.04. The quantitative estimate of drug-likeness (QED) is 0.668. The Kier molecular flexibility index (Phi) is 2.61. The van der Waals surface area contributed by atoms with Crippen LogP contribution >= 0.6 is 15.9 Å². The average molecular weight is 211 g/mol. The smallest absolute Gasteiger partial charge is 0.128 e. The van der Waals surface area contributed by atoms with Crippen LogP contribution in [0.2, 0.25) is 0 Å². The van der Waals surface area contributed by atoms with Crippen LogP contribution in [0.1, 0.15) is 16.0 Å². The predicted octanol–water partition coefficient (Wildman–Crippen LogP) is 2.35. The molecular formula is C8H7BrN2. The number of pyridine rings is 1. The van der Waals surface area contributed by atoms with Crippen molar-refractivity contribution in [2.24, 2.45) is 0 Å². The minimum atomic E-state index is -0.240. The van der Waals surface area contributed by atoms with E-state index in [1.807, 2.05) is 13.0 Å². The van der Waals surface area contributed by atoms with Gasteiger partial charge >= 0.3 is 0 Å². The van der Waals surface area contributed by atoms with Gasteiger partial charge in [-0.25, -0.2) is 0 Å². The van der Waals surface area contributed by atoms with Crippen LogP contribution in [0.15, 0.2) is 18.5 Å². The highest BCUT2D eigenvalue weighted by atomic mass is 79.9. The molecule has 0 saturated carbocycles. The Morgan fingerprint density at radius 1 is 1.73 bits per heavy atom. The van der Waals surface area contributed by atoms with E-state index in [4.69, 9.17) is 5.26 Å². The molecule has 11 heavy (non-hydrogen) atoms. The number of aryl methyl sites for hydroxylation is 1. The Morgan fingerprint density at radius 3 is 3.00 bits per heavy atom. The number of alkyl halides is 1. The van der Waals surface area contributed by atoms with Crippen molar-refractivity contribution in [1.29, 1.82) is 5.26 Å². The molecular weight excluding hydrogens is 204 g/mol. The van der Waals surface area contributed by atoms with E-state index in [2.05, 4.69) is 27.0 Å². The number of nitrogens with zero attached hydrogens (tertiary/aromatic N) is 2. The fourth-order valence-corrected chi connectivity index (χ4v) is 1.29. The molecule has 0 fully saturated rings. The summed E-state index contributed by atoms with van der Waals surface area (Å²) < 4.78 is 0. The summed E-state index contributed by atoms with van der Waals surface area (Å²) in [5.74, 6) is 0. The summed E-state index contributed by atoms with van der Waals surface area (Å²) in [4.78, 5) is 3.69. The molecule has 1 aromatic heterocycles. The molecule has 0 aromatic carbocycles. The highest BCUT2D eigenvalue weighted by molar-refractivity contribution is 9.09. The maximum atomic E-state index is 8.59. The summed E-state index contributed by atoms with van der Waals surface area (Å²) >= 11 is 3.23. The van der Waals surface area contributed by atoms with Gasteiger partial charge in [-0.15, -0.1) is 0 Å². The standard InChI is InChI=1S/C8H7BrN2/c1-6-2-3-11-5-7(6)8(9)4-10/h2-3,5,8H,1H3. The highest BCUT2D eigenvalue weighted by Crippen LogP contribution is 2.23. The lowest BCUT2D eigenvalue weighted by Gasteiger charge is -2.02. The van der Waals surface area contributed by atoms with Crippen LogP contribution in [0.5, 0.6) is 0 Å². The van der Waals surface area contributed by atoms with Crippen LogP contribution in [-0.2, 0) is 0 Å². The molecule has 0 amide bonds. The van der Waals surface area contributed by atoms with Crippen molar-refractivity contribution in [2.75, 3.05) is 0 Å². The molecule has 1 unspecified atom stereocenters. The second-order valence-corrected chi connectivity index (χ2v) is 3.14. The van der Waals surface area contributed by atoms with Gasteiger partial charge in [0.2, 0.25) is 0 Å². The van der Waals surface area contributed by atoms with Gasteiger partial charge in [0.05, 0.1) is 6.07 Å². The predicted molar refractivity (Wildman–Crippen MR) is 46.3 cm³/mol. The van der Waals surface area contributed by atoms with Gasteiger partial charge in [0, 0.05) is 18.0 Å². The number of hydrogen-bond acceptors (Lipinski definition) is 2. The second kappa shape index (κ2) is 3.49. The van der Waals surface area contributed by atoms with E-state index in [0.29, 0.717) is 0 Å². The van der Waals surface area contributed by atoms with Crippen molar-refractivity contribution < 1.29 is 0 Å². The summed E-state index contributed by atoms with van der Waals surface area (Å²) in [5, 5.41) is 8.59. The third-order valence-corrected chi connectivity index (χ3v) is 2.16. The van der Waals surface area contributed by atoms with Gasteiger partial charge in [-0.3, -0.25) is 4.98 Å². The Labute approximate surface area is 74.0 Å². The van der Waals surface area contributed by atoms with Gasteiger partial charge in [0.25, 0.3) is 0 Å². The number of hydrogen-bond donors (Lipinski definition) is 0. The molecule has 0 bridgehead atoms. The van der Waals surface area contributed by atoms with Crippen molar-refractivity contribution >= 4 is 15.9 Å². The third kappa shape index (κ3) is 1.78. The van der Waals surface area contributed by atoms with E-state index < -0.39 is 0 Å². The molecule has 3 heteroatoms.